The summed E-state index contributed by atoms with van der Waals surface area (Å²) in [5.41, 5.74) is 1.89. The molecule has 3 rings (SSSR count). The van der Waals surface area contributed by atoms with Crippen LogP contribution < -0.4 is 4.74 Å². The molecule has 0 saturated carbocycles. The first kappa shape index (κ1) is 13.6. The van der Waals surface area contributed by atoms with Crippen molar-refractivity contribution in [2.75, 3.05) is 0 Å². The molecule has 21 heavy (non-hydrogen) atoms. The summed E-state index contributed by atoms with van der Waals surface area (Å²) in [6.45, 7) is 0.387. The first-order valence-corrected chi connectivity index (χ1v) is 6.87. The minimum Gasteiger partial charge on any atom is -0.489 e. The number of ether oxygens (including phenoxy) is 2. The summed E-state index contributed by atoms with van der Waals surface area (Å²) >= 11 is 0. The van der Waals surface area contributed by atoms with Crippen LogP contribution in [-0.2, 0) is 16.1 Å². The standard InChI is InChI=1S/C17H15FO3/c18-14-5-1-12(2-6-14)11-20-15-7-3-13(4-8-15)16-9-10-17(19)21-16/h1-8,16H,9-11H2. The zero-order chi connectivity index (χ0) is 14.7. The molecule has 0 aromatic heterocycles. The molecule has 1 saturated heterocycles. The van der Waals surface area contributed by atoms with Crippen molar-refractivity contribution in [1.82, 2.24) is 0 Å². The lowest BCUT2D eigenvalue weighted by Gasteiger charge is -2.11. The highest BCUT2D eigenvalue weighted by molar-refractivity contribution is 5.71. The first-order chi connectivity index (χ1) is 10.2. The minimum atomic E-state index is -0.255. The van der Waals surface area contributed by atoms with Gasteiger partial charge in [0.1, 0.15) is 24.3 Å². The molecule has 0 N–H and O–H groups in total. The highest BCUT2D eigenvalue weighted by Crippen LogP contribution is 2.30. The maximum absolute atomic E-state index is 12.8. The largest absolute Gasteiger partial charge is 0.489 e. The number of carbonyl (C=O) groups excluding carboxylic acids is 1. The Balaban J connectivity index is 1.59. The number of halogens is 1. The smallest absolute Gasteiger partial charge is 0.306 e. The second kappa shape index (κ2) is 5.95. The van der Waals surface area contributed by atoms with Crippen molar-refractivity contribution in [3.8, 4) is 5.75 Å². The zero-order valence-electron chi connectivity index (χ0n) is 11.4. The van der Waals surface area contributed by atoms with Crippen LogP contribution in [0.5, 0.6) is 5.75 Å². The van der Waals surface area contributed by atoms with E-state index in [2.05, 4.69) is 0 Å². The zero-order valence-corrected chi connectivity index (χ0v) is 11.4. The summed E-state index contributed by atoms with van der Waals surface area (Å²) in [5, 5.41) is 0. The van der Waals surface area contributed by atoms with E-state index < -0.39 is 0 Å². The third-order valence-electron chi connectivity index (χ3n) is 3.45. The van der Waals surface area contributed by atoms with Gasteiger partial charge < -0.3 is 9.47 Å². The van der Waals surface area contributed by atoms with Crippen LogP contribution in [0, 0.1) is 5.82 Å². The van der Waals surface area contributed by atoms with E-state index in [4.69, 9.17) is 9.47 Å². The fraction of sp³-hybridized carbons (Fsp3) is 0.235. The normalized spacial score (nSPS) is 17.6. The Labute approximate surface area is 122 Å². The van der Waals surface area contributed by atoms with Crippen LogP contribution in [0.4, 0.5) is 4.39 Å². The molecular formula is C17H15FO3. The summed E-state index contributed by atoms with van der Waals surface area (Å²) < 4.78 is 23.6. The van der Waals surface area contributed by atoms with Crippen LogP contribution in [0.15, 0.2) is 48.5 Å². The van der Waals surface area contributed by atoms with E-state index in [-0.39, 0.29) is 17.9 Å². The topological polar surface area (TPSA) is 35.5 Å². The van der Waals surface area contributed by atoms with E-state index in [0.717, 1.165) is 23.3 Å². The minimum absolute atomic E-state index is 0.136. The molecule has 0 spiro atoms. The van der Waals surface area contributed by atoms with Crippen LogP contribution in [0.2, 0.25) is 0 Å². The molecule has 1 fully saturated rings. The monoisotopic (exact) mass is 286 g/mol. The van der Waals surface area contributed by atoms with E-state index in [9.17, 15) is 9.18 Å². The van der Waals surface area contributed by atoms with E-state index in [0.29, 0.717) is 13.0 Å². The highest BCUT2D eigenvalue weighted by Gasteiger charge is 2.24. The maximum Gasteiger partial charge on any atom is 0.306 e. The third-order valence-corrected chi connectivity index (χ3v) is 3.45. The lowest BCUT2D eigenvalue weighted by atomic mass is 10.1. The van der Waals surface area contributed by atoms with Gasteiger partial charge in [-0.1, -0.05) is 24.3 Å². The van der Waals surface area contributed by atoms with Crippen molar-refractivity contribution >= 4 is 5.97 Å². The number of rotatable bonds is 4. The second-order valence-corrected chi connectivity index (χ2v) is 5.00. The van der Waals surface area contributed by atoms with Crippen molar-refractivity contribution in [3.05, 3.63) is 65.5 Å². The molecule has 4 heteroatoms. The van der Waals surface area contributed by atoms with Gasteiger partial charge >= 0.3 is 5.97 Å². The Bertz CT molecular complexity index is 619. The van der Waals surface area contributed by atoms with Crippen LogP contribution in [0.25, 0.3) is 0 Å². The van der Waals surface area contributed by atoms with Gasteiger partial charge in [-0.15, -0.1) is 0 Å². The van der Waals surface area contributed by atoms with E-state index >= 15 is 0 Å². The SMILES string of the molecule is O=C1CCC(c2ccc(OCc3ccc(F)cc3)cc2)O1. The lowest BCUT2D eigenvalue weighted by molar-refractivity contribution is -0.141. The van der Waals surface area contributed by atoms with Gasteiger partial charge in [0.15, 0.2) is 0 Å². The molecule has 0 aliphatic carbocycles. The van der Waals surface area contributed by atoms with E-state index in [1.165, 1.54) is 12.1 Å². The summed E-state index contributed by atoms with van der Waals surface area (Å²) in [4.78, 5) is 11.1. The quantitative estimate of drug-likeness (QED) is 0.802. The Morgan fingerprint density at radius 3 is 2.43 bits per heavy atom. The van der Waals surface area contributed by atoms with Crippen molar-refractivity contribution in [2.45, 2.75) is 25.6 Å². The van der Waals surface area contributed by atoms with Crippen LogP contribution in [-0.4, -0.2) is 5.97 Å². The van der Waals surface area contributed by atoms with Gasteiger partial charge in [-0.3, -0.25) is 4.79 Å². The van der Waals surface area contributed by atoms with Crippen LogP contribution >= 0.6 is 0 Å². The van der Waals surface area contributed by atoms with Gasteiger partial charge in [0.05, 0.1) is 0 Å². The summed E-state index contributed by atoms with van der Waals surface area (Å²) in [7, 11) is 0. The number of cyclic esters (lactones) is 1. The maximum atomic E-state index is 12.8. The third kappa shape index (κ3) is 3.40. The average Bonchev–Trinajstić information content (AvgIpc) is 2.94. The Hall–Kier alpha value is -2.36. The number of benzene rings is 2. The summed E-state index contributed by atoms with van der Waals surface area (Å²) in [6.07, 6.45) is 1.07. The fourth-order valence-electron chi connectivity index (χ4n) is 2.29. The van der Waals surface area contributed by atoms with Crippen LogP contribution in [0.3, 0.4) is 0 Å². The van der Waals surface area contributed by atoms with Gasteiger partial charge in [0.2, 0.25) is 0 Å². The van der Waals surface area contributed by atoms with Gasteiger partial charge in [-0.25, -0.2) is 4.39 Å². The molecule has 3 nitrogen and oxygen atoms in total. The Morgan fingerprint density at radius 2 is 1.81 bits per heavy atom. The summed E-state index contributed by atoms with van der Waals surface area (Å²) in [6, 6.07) is 13.7. The van der Waals surface area contributed by atoms with Gasteiger partial charge in [-0.05, 0) is 41.8 Å². The summed E-state index contributed by atoms with van der Waals surface area (Å²) in [5.74, 6) is 0.332. The van der Waals surface area contributed by atoms with E-state index in [1.54, 1.807) is 12.1 Å². The molecule has 1 aliphatic heterocycles. The highest BCUT2D eigenvalue weighted by atomic mass is 19.1. The first-order valence-electron chi connectivity index (χ1n) is 6.87. The van der Waals surface area contributed by atoms with Gasteiger partial charge in [0.25, 0.3) is 0 Å². The molecule has 0 radical (unpaired) electrons. The second-order valence-electron chi connectivity index (χ2n) is 5.00. The molecule has 2 aromatic carbocycles. The molecule has 0 bridgehead atoms. The molecule has 1 unspecified atom stereocenters. The molecule has 2 aromatic rings. The van der Waals surface area contributed by atoms with Gasteiger partial charge in [-0.2, -0.15) is 0 Å². The molecule has 1 heterocycles. The lowest BCUT2D eigenvalue weighted by Crippen LogP contribution is -1.99. The molecule has 0 amide bonds. The predicted octanol–water partition coefficient (Wildman–Crippen LogP) is 3.78. The number of hydrogen-bond acceptors (Lipinski definition) is 3. The Kier molecular flexibility index (Phi) is 3.86. The van der Waals surface area contributed by atoms with Crippen LogP contribution in [0.1, 0.15) is 30.1 Å². The Morgan fingerprint density at radius 1 is 1.10 bits per heavy atom. The number of esters is 1. The molecular weight excluding hydrogens is 271 g/mol. The number of carbonyl (C=O) groups is 1. The van der Waals surface area contributed by atoms with Crippen molar-refractivity contribution < 1.29 is 18.7 Å². The molecule has 108 valence electrons. The number of hydrogen-bond donors (Lipinski definition) is 0. The fourth-order valence-corrected chi connectivity index (χ4v) is 2.29. The average molecular weight is 286 g/mol. The van der Waals surface area contributed by atoms with Crippen molar-refractivity contribution in [1.29, 1.82) is 0 Å². The predicted molar refractivity (Wildman–Crippen MR) is 75.2 cm³/mol. The van der Waals surface area contributed by atoms with Crippen molar-refractivity contribution in [3.63, 3.8) is 0 Å². The van der Waals surface area contributed by atoms with Gasteiger partial charge in [0, 0.05) is 6.42 Å². The van der Waals surface area contributed by atoms with Crippen molar-refractivity contribution in [2.24, 2.45) is 0 Å². The molecule has 1 aliphatic rings. The molecule has 1 atom stereocenters. The van der Waals surface area contributed by atoms with E-state index in [1.807, 2.05) is 24.3 Å².